The van der Waals surface area contributed by atoms with Crippen LogP contribution in [0.15, 0.2) is 72.8 Å². The summed E-state index contributed by atoms with van der Waals surface area (Å²) < 4.78 is 5.17. The van der Waals surface area contributed by atoms with Gasteiger partial charge in [0.05, 0.1) is 6.04 Å². The summed E-state index contributed by atoms with van der Waals surface area (Å²) in [5.41, 5.74) is 1.92. The topological polar surface area (TPSA) is 67.4 Å². The van der Waals surface area contributed by atoms with E-state index in [1.165, 1.54) is 0 Å². The molecule has 2 amide bonds. The summed E-state index contributed by atoms with van der Waals surface area (Å²) in [6.07, 6.45) is -0.621. The summed E-state index contributed by atoms with van der Waals surface area (Å²) in [4.78, 5) is 24.4. The van der Waals surface area contributed by atoms with Crippen LogP contribution < -0.4 is 10.6 Å². The molecule has 3 rings (SSSR count). The zero-order valence-electron chi connectivity index (χ0n) is 16.0. The molecule has 3 aromatic carbocycles. The molecule has 0 aromatic heterocycles. The van der Waals surface area contributed by atoms with Gasteiger partial charge in [-0.05, 0) is 35.7 Å². The molecule has 5 nitrogen and oxygen atoms in total. The highest BCUT2D eigenvalue weighted by atomic mass is 16.5. The fourth-order valence-corrected chi connectivity index (χ4v) is 3.05. The highest BCUT2D eigenvalue weighted by Gasteiger charge is 2.19. The van der Waals surface area contributed by atoms with E-state index in [2.05, 4.69) is 10.6 Å². The first-order valence-corrected chi connectivity index (χ1v) is 9.30. The zero-order chi connectivity index (χ0) is 19.9. The van der Waals surface area contributed by atoms with Gasteiger partial charge in [0.25, 0.3) is 0 Å². The first-order valence-electron chi connectivity index (χ1n) is 9.30. The van der Waals surface area contributed by atoms with Crippen LogP contribution in [0.1, 0.15) is 31.0 Å². The van der Waals surface area contributed by atoms with Crippen molar-refractivity contribution in [1.29, 1.82) is 0 Å². The maximum Gasteiger partial charge on any atom is 0.408 e. The van der Waals surface area contributed by atoms with Crippen LogP contribution in [0.4, 0.5) is 4.79 Å². The quantitative estimate of drug-likeness (QED) is 0.673. The Bertz CT molecular complexity index is 951. The number of fused-ring (bicyclic) bond motifs is 1. The summed E-state index contributed by atoms with van der Waals surface area (Å²) in [7, 11) is 0. The van der Waals surface area contributed by atoms with Gasteiger partial charge in [0.1, 0.15) is 12.6 Å². The molecule has 0 unspecified atom stereocenters. The van der Waals surface area contributed by atoms with E-state index >= 15 is 0 Å². The average molecular weight is 376 g/mol. The second-order valence-corrected chi connectivity index (χ2v) is 6.73. The molecule has 0 bridgehead atoms. The van der Waals surface area contributed by atoms with Crippen molar-refractivity contribution >= 4 is 22.8 Å². The van der Waals surface area contributed by atoms with Gasteiger partial charge in [-0.2, -0.15) is 0 Å². The van der Waals surface area contributed by atoms with Crippen LogP contribution in [0.25, 0.3) is 10.8 Å². The van der Waals surface area contributed by atoms with Gasteiger partial charge in [-0.1, -0.05) is 72.8 Å². The summed E-state index contributed by atoms with van der Waals surface area (Å²) in [6.45, 7) is 3.72. The van der Waals surface area contributed by atoms with Crippen molar-refractivity contribution in [3.05, 3.63) is 83.9 Å². The van der Waals surface area contributed by atoms with Crippen molar-refractivity contribution in [1.82, 2.24) is 10.6 Å². The fraction of sp³-hybridized carbons (Fsp3) is 0.217. The third kappa shape index (κ3) is 4.88. The number of ether oxygens (including phenoxy) is 1. The second kappa shape index (κ2) is 9.04. The van der Waals surface area contributed by atoms with E-state index in [0.717, 1.165) is 21.9 Å². The third-order valence-corrected chi connectivity index (χ3v) is 4.59. The number of rotatable bonds is 6. The van der Waals surface area contributed by atoms with Gasteiger partial charge in [0, 0.05) is 0 Å². The van der Waals surface area contributed by atoms with E-state index < -0.39 is 12.1 Å². The van der Waals surface area contributed by atoms with Gasteiger partial charge in [-0.25, -0.2) is 4.79 Å². The van der Waals surface area contributed by atoms with Crippen LogP contribution in [0.5, 0.6) is 0 Å². The molecule has 0 spiro atoms. The summed E-state index contributed by atoms with van der Waals surface area (Å²) in [5.74, 6) is -0.267. The molecule has 0 saturated heterocycles. The number of nitrogens with one attached hydrogen (secondary N) is 2. The highest BCUT2D eigenvalue weighted by Crippen LogP contribution is 2.24. The van der Waals surface area contributed by atoms with Crippen LogP contribution in [0.3, 0.4) is 0 Å². The predicted molar refractivity (Wildman–Crippen MR) is 110 cm³/mol. The maximum atomic E-state index is 12.5. The number of amides is 2. The Hall–Kier alpha value is -3.34. The molecular weight excluding hydrogens is 352 g/mol. The molecule has 0 aliphatic heterocycles. The maximum absolute atomic E-state index is 12.5. The molecular formula is C23H24N2O3. The van der Waals surface area contributed by atoms with Crippen molar-refractivity contribution in [2.45, 2.75) is 32.5 Å². The summed E-state index contributed by atoms with van der Waals surface area (Å²) in [5, 5.41) is 7.75. The zero-order valence-corrected chi connectivity index (χ0v) is 16.0. The fourth-order valence-electron chi connectivity index (χ4n) is 3.05. The van der Waals surface area contributed by atoms with Gasteiger partial charge in [0.2, 0.25) is 5.91 Å². The Morgan fingerprint density at radius 3 is 2.32 bits per heavy atom. The van der Waals surface area contributed by atoms with Gasteiger partial charge in [0.15, 0.2) is 0 Å². The molecule has 144 valence electrons. The van der Waals surface area contributed by atoms with E-state index in [0.29, 0.717) is 0 Å². The molecule has 0 aliphatic carbocycles. The molecule has 2 N–H and O–H groups in total. The Labute approximate surface area is 164 Å². The monoisotopic (exact) mass is 376 g/mol. The van der Waals surface area contributed by atoms with Crippen LogP contribution in [-0.4, -0.2) is 18.0 Å². The molecule has 2 atom stereocenters. The molecule has 0 radical (unpaired) electrons. The summed E-state index contributed by atoms with van der Waals surface area (Å²) >= 11 is 0. The number of alkyl carbamates (subject to hydrolysis) is 1. The van der Waals surface area contributed by atoms with E-state index in [1.807, 2.05) is 79.7 Å². The lowest BCUT2D eigenvalue weighted by atomic mass is 9.99. The Balaban J connectivity index is 1.55. The van der Waals surface area contributed by atoms with E-state index in [4.69, 9.17) is 4.74 Å². The number of benzene rings is 3. The molecule has 28 heavy (non-hydrogen) atoms. The second-order valence-electron chi connectivity index (χ2n) is 6.73. The smallest absolute Gasteiger partial charge is 0.408 e. The van der Waals surface area contributed by atoms with Gasteiger partial charge < -0.3 is 15.4 Å². The minimum absolute atomic E-state index is 0.160. The SMILES string of the molecule is C[C@@H](NC(=O)OCc1ccccc1)C(=O)N[C@H](C)c1cccc2ccccc12. The molecule has 3 aromatic rings. The van der Waals surface area contributed by atoms with Gasteiger partial charge >= 0.3 is 6.09 Å². The normalized spacial score (nSPS) is 12.8. The molecule has 5 heteroatoms. The molecule has 0 fully saturated rings. The number of hydrogen-bond acceptors (Lipinski definition) is 3. The van der Waals surface area contributed by atoms with Crippen LogP contribution in [-0.2, 0) is 16.1 Å². The lowest BCUT2D eigenvalue weighted by Gasteiger charge is -2.20. The lowest BCUT2D eigenvalue weighted by Crippen LogP contribution is -2.45. The Morgan fingerprint density at radius 1 is 0.857 bits per heavy atom. The third-order valence-electron chi connectivity index (χ3n) is 4.59. The van der Waals surface area contributed by atoms with Crippen LogP contribution in [0.2, 0.25) is 0 Å². The molecule has 0 saturated carbocycles. The number of hydrogen-bond donors (Lipinski definition) is 2. The molecule has 0 heterocycles. The Kier molecular flexibility index (Phi) is 6.27. The van der Waals surface area contributed by atoms with Crippen molar-refractivity contribution in [2.24, 2.45) is 0 Å². The lowest BCUT2D eigenvalue weighted by molar-refractivity contribution is -0.123. The average Bonchev–Trinajstić information content (AvgIpc) is 2.72. The van der Waals surface area contributed by atoms with Crippen LogP contribution in [0, 0.1) is 0 Å². The van der Waals surface area contributed by atoms with Gasteiger partial charge in [-0.3, -0.25) is 4.79 Å². The number of carbonyl (C=O) groups excluding carboxylic acids is 2. The Morgan fingerprint density at radius 2 is 1.54 bits per heavy atom. The molecule has 0 aliphatic rings. The predicted octanol–water partition coefficient (Wildman–Crippen LogP) is 4.33. The van der Waals surface area contributed by atoms with Crippen LogP contribution >= 0.6 is 0 Å². The van der Waals surface area contributed by atoms with E-state index in [1.54, 1.807) is 6.92 Å². The standard InChI is InChI=1S/C23H24N2O3/c1-16(20-14-8-12-19-11-6-7-13-21(19)20)24-22(26)17(2)25-23(27)28-15-18-9-4-3-5-10-18/h3-14,16-17H,15H2,1-2H3,(H,24,26)(H,25,27)/t16-,17-/m1/s1. The summed E-state index contributed by atoms with van der Waals surface area (Å²) in [6, 6.07) is 22.6. The largest absolute Gasteiger partial charge is 0.445 e. The van der Waals surface area contributed by atoms with E-state index in [-0.39, 0.29) is 18.6 Å². The van der Waals surface area contributed by atoms with Crippen molar-refractivity contribution < 1.29 is 14.3 Å². The van der Waals surface area contributed by atoms with Crippen molar-refractivity contribution in [3.8, 4) is 0 Å². The first kappa shape index (κ1) is 19.4. The van der Waals surface area contributed by atoms with Gasteiger partial charge in [-0.15, -0.1) is 0 Å². The highest BCUT2D eigenvalue weighted by molar-refractivity contribution is 5.88. The van der Waals surface area contributed by atoms with Crippen molar-refractivity contribution in [3.63, 3.8) is 0 Å². The minimum Gasteiger partial charge on any atom is -0.445 e. The number of carbonyl (C=O) groups is 2. The first-order chi connectivity index (χ1) is 13.5. The minimum atomic E-state index is -0.708. The van der Waals surface area contributed by atoms with Crippen molar-refractivity contribution in [2.75, 3.05) is 0 Å². The van der Waals surface area contributed by atoms with E-state index in [9.17, 15) is 9.59 Å².